The lowest BCUT2D eigenvalue weighted by molar-refractivity contribution is 0.1000. The number of benzene rings is 1. The molecule has 0 aliphatic heterocycles. The lowest BCUT2D eigenvalue weighted by Crippen LogP contribution is -2.10. The van der Waals surface area contributed by atoms with Crippen LogP contribution >= 0.6 is 0 Å². The third kappa shape index (κ3) is 1.75. The molecule has 0 aliphatic carbocycles. The zero-order valence-electron chi connectivity index (χ0n) is 6.87. The average molecular weight is 165 g/mol. The fraction of sp³-hybridized carbons (Fsp3) is 0.222. The Morgan fingerprint density at radius 2 is 2.17 bits per heavy atom. The number of carbonyl (C=O) groups excluding carboxylic acids is 1. The highest BCUT2D eigenvalue weighted by molar-refractivity contribution is 5.93. The van der Waals surface area contributed by atoms with Crippen molar-refractivity contribution in [3.05, 3.63) is 29.3 Å². The summed E-state index contributed by atoms with van der Waals surface area (Å²) in [4.78, 5) is 10.7. The summed E-state index contributed by atoms with van der Waals surface area (Å²) in [6, 6.07) is 4.66. The van der Waals surface area contributed by atoms with Crippen molar-refractivity contribution in [3.8, 4) is 5.75 Å². The number of hydrogen-bond acceptors (Lipinski definition) is 2. The van der Waals surface area contributed by atoms with Gasteiger partial charge in [0.25, 0.3) is 0 Å². The highest BCUT2D eigenvalue weighted by atomic mass is 16.3. The van der Waals surface area contributed by atoms with Gasteiger partial charge in [0.1, 0.15) is 5.75 Å². The number of aryl methyl sites for hydroxylation is 1. The predicted octanol–water partition coefficient (Wildman–Crippen LogP) is 1.05. The Morgan fingerprint density at radius 3 is 2.67 bits per heavy atom. The minimum atomic E-state index is -0.513. The van der Waals surface area contributed by atoms with Crippen LogP contribution in [0.15, 0.2) is 18.2 Å². The maximum Gasteiger partial charge on any atom is 0.248 e. The van der Waals surface area contributed by atoms with Crippen LogP contribution in [0, 0.1) is 0 Å². The summed E-state index contributed by atoms with van der Waals surface area (Å²) < 4.78 is 0. The molecule has 0 aromatic heterocycles. The van der Waals surface area contributed by atoms with Gasteiger partial charge in [0.15, 0.2) is 0 Å². The van der Waals surface area contributed by atoms with Crippen molar-refractivity contribution < 1.29 is 9.90 Å². The molecule has 0 heterocycles. The van der Waals surface area contributed by atoms with Crippen molar-refractivity contribution in [1.29, 1.82) is 0 Å². The summed E-state index contributed by atoms with van der Waals surface area (Å²) in [7, 11) is 0. The van der Waals surface area contributed by atoms with Crippen LogP contribution in [-0.2, 0) is 6.42 Å². The van der Waals surface area contributed by atoms with Crippen LogP contribution in [-0.4, -0.2) is 11.0 Å². The van der Waals surface area contributed by atoms with Crippen LogP contribution in [0.4, 0.5) is 0 Å². The summed E-state index contributed by atoms with van der Waals surface area (Å²) in [5, 5.41) is 9.17. The monoisotopic (exact) mass is 165 g/mol. The molecule has 3 N–H and O–H groups in total. The summed E-state index contributed by atoms with van der Waals surface area (Å²) in [5.41, 5.74) is 6.32. The molecule has 1 aromatic rings. The van der Waals surface area contributed by atoms with Gasteiger partial charge in [0.2, 0.25) is 5.91 Å². The largest absolute Gasteiger partial charge is 0.508 e. The van der Waals surface area contributed by atoms with E-state index in [9.17, 15) is 4.79 Å². The van der Waals surface area contributed by atoms with Crippen LogP contribution in [0.1, 0.15) is 22.8 Å². The number of nitrogens with two attached hydrogens (primary N) is 1. The van der Waals surface area contributed by atoms with Gasteiger partial charge in [-0.15, -0.1) is 0 Å². The molecule has 0 aliphatic rings. The highest BCUT2D eigenvalue weighted by Crippen LogP contribution is 2.15. The van der Waals surface area contributed by atoms with E-state index in [1.54, 1.807) is 12.1 Å². The summed E-state index contributed by atoms with van der Waals surface area (Å²) in [6.07, 6.45) is 0.772. The van der Waals surface area contributed by atoms with E-state index in [0.717, 1.165) is 12.0 Å². The highest BCUT2D eigenvalue weighted by Gasteiger charge is 2.03. The van der Waals surface area contributed by atoms with E-state index in [2.05, 4.69) is 0 Å². The Labute approximate surface area is 70.8 Å². The van der Waals surface area contributed by atoms with E-state index in [-0.39, 0.29) is 5.75 Å². The number of primary amides is 1. The fourth-order valence-electron chi connectivity index (χ4n) is 1.02. The van der Waals surface area contributed by atoms with E-state index in [4.69, 9.17) is 10.8 Å². The molecule has 0 radical (unpaired) electrons. The molecule has 3 nitrogen and oxygen atoms in total. The van der Waals surface area contributed by atoms with Crippen molar-refractivity contribution >= 4 is 5.91 Å². The molecule has 1 rings (SSSR count). The lowest BCUT2D eigenvalue weighted by atomic mass is 10.1. The third-order valence-electron chi connectivity index (χ3n) is 1.67. The molecular weight excluding hydrogens is 154 g/mol. The summed E-state index contributed by atoms with van der Waals surface area (Å²) >= 11 is 0. The van der Waals surface area contributed by atoms with E-state index in [1.165, 1.54) is 6.07 Å². The second kappa shape index (κ2) is 3.26. The minimum absolute atomic E-state index is 0.0863. The van der Waals surface area contributed by atoms with Crippen LogP contribution in [0.2, 0.25) is 0 Å². The number of phenols is 1. The molecule has 0 fully saturated rings. The molecule has 0 saturated heterocycles. The molecule has 0 spiro atoms. The summed E-state index contributed by atoms with van der Waals surface area (Å²) in [6.45, 7) is 1.94. The Balaban J connectivity index is 3.15. The van der Waals surface area contributed by atoms with Crippen LogP contribution < -0.4 is 5.73 Å². The Kier molecular flexibility index (Phi) is 2.33. The maximum absolute atomic E-state index is 10.7. The molecule has 3 heteroatoms. The van der Waals surface area contributed by atoms with Crippen LogP contribution in [0.25, 0.3) is 0 Å². The van der Waals surface area contributed by atoms with Gasteiger partial charge in [-0.2, -0.15) is 0 Å². The molecule has 0 bridgehead atoms. The zero-order chi connectivity index (χ0) is 9.14. The maximum atomic E-state index is 10.7. The molecule has 1 amide bonds. The number of carbonyl (C=O) groups is 1. The molecule has 12 heavy (non-hydrogen) atoms. The first-order chi connectivity index (χ1) is 5.63. The topological polar surface area (TPSA) is 63.3 Å². The van der Waals surface area contributed by atoms with Gasteiger partial charge in [-0.05, 0) is 30.2 Å². The van der Waals surface area contributed by atoms with Crippen LogP contribution in [0.5, 0.6) is 5.75 Å². The van der Waals surface area contributed by atoms with Crippen LogP contribution in [0.3, 0.4) is 0 Å². The van der Waals surface area contributed by atoms with Gasteiger partial charge in [-0.25, -0.2) is 0 Å². The summed E-state index contributed by atoms with van der Waals surface area (Å²) in [5.74, 6) is -0.427. The van der Waals surface area contributed by atoms with Gasteiger partial charge in [-0.1, -0.05) is 6.92 Å². The lowest BCUT2D eigenvalue weighted by Gasteiger charge is -2.01. The molecule has 0 saturated carbocycles. The van der Waals surface area contributed by atoms with Gasteiger partial charge in [0, 0.05) is 5.56 Å². The Bertz CT molecular complexity index is 307. The Hall–Kier alpha value is -1.51. The van der Waals surface area contributed by atoms with Crippen molar-refractivity contribution in [2.75, 3.05) is 0 Å². The normalized spacial score (nSPS) is 9.75. The quantitative estimate of drug-likeness (QED) is 0.688. The molecule has 1 aromatic carbocycles. The van der Waals surface area contributed by atoms with Gasteiger partial charge >= 0.3 is 0 Å². The van der Waals surface area contributed by atoms with Gasteiger partial charge < -0.3 is 10.8 Å². The first-order valence-corrected chi connectivity index (χ1v) is 3.76. The molecule has 0 unspecified atom stereocenters. The number of hydrogen-bond donors (Lipinski definition) is 2. The first-order valence-electron chi connectivity index (χ1n) is 3.76. The van der Waals surface area contributed by atoms with Crippen molar-refractivity contribution in [1.82, 2.24) is 0 Å². The van der Waals surface area contributed by atoms with E-state index >= 15 is 0 Å². The van der Waals surface area contributed by atoms with Gasteiger partial charge in [0.05, 0.1) is 0 Å². The second-order valence-corrected chi connectivity index (χ2v) is 2.61. The van der Waals surface area contributed by atoms with Crippen molar-refractivity contribution in [2.45, 2.75) is 13.3 Å². The third-order valence-corrected chi connectivity index (χ3v) is 1.67. The minimum Gasteiger partial charge on any atom is -0.508 e. The average Bonchev–Trinajstić information content (AvgIpc) is 2.03. The second-order valence-electron chi connectivity index (χ2n) is 2.61. The number of rotatable bonds is 2. The van der Waals surface area contributed by atoms with E-state index in [1.807, 2.05) is 6.92 Å². The van der Waals surface area contributed by atoms with Crippen molar-refractivity contribution in [3.63, 3.8) is 0 Å². The number of aromatic hydroxyl groups is 1. The first kappa shape index (κ1) is 8.59. The molecule has 64 valence electrons. The van der Waals surface area contributed by atoms with Gasteiger partial charge in [-0.3, -0.25) is 4.79 Å². The zero-order valence-corrected chi connectivity index (χ0v) is 6.87. The number of amides is 1. The van der Waals surface area contributed by atoms with E-state index < -0.39 is 5.91 Å². The van der Waals surface area contributed by atoms with E-state index in [0.29, 0.717) is 5.56 Å². The molecule has 0 atom stereocenters. The SMILES string of the molecule is CCc1cc(O)cc(C(N)=O)c1. The van der Waals surface area contributed by atoms with Crippen molar-refractivity contribution in [2.24, 2.45) is 5.73 Å². The fourth-order valence-corrected chi connectivity index (χ4v) is 1.02. The standard InChI is InChI=1S/C9H11NO2/c1-2-6-3-7(9(10)12)5-8(11)4-6/h3-5,11H,2H2,1H3,(H2,10,12). The molecular formula is C9H11NO2. The Morgan fingerprint density at radius 1 is 1.50 bits per heavy atom. The predicted molar refractivity (Wildman–Crippen MR) is 46.0 cm³/mol. The number of phenolic OH excluding ortho intramolecular Hbond substituents is 1. The smallest absolute Gasteiger partial charge is 0.248 e.